The van der Waals surface area contributed by atoms with Gasteiger partial charge in [0.05, 0.1) is 4.92 Å². The van der Waals surface area contributed by atoms with Crippen molar-refractivity contribution in [1.29, 1.82) is 0 Å². The summed E-state index contributed by atoms with van der Waals surface area (Å²) in [5.41, 5.74) is -0.979. The molecule has 0 saturated heterocycles. The van der Waals surface area contributed by atoms with Gasteiger partial charge >= 0.3 is 0 Å². The Kier molecular flexibility index (Phi) is 4.64. The van der Waals surface area contributed by atoms with E-state index in [1.165, 1.54) is 0 Å². The number of nitro groups is 1. The predicted molar refractivity (Wildman–Crippen MR) is 70.8 cm³/mol. The summed E-state index contributed by atoms with van der Waals surface area (Å²) in [6.45, 7) is 0. The number of ether oxygens (including phenoxy) is 1. The lowest BCUT2D eigenvalue weighted by atomic mass is 10.2. The molecule has 2 aromatic carbocycles. The maximum atomic E-state index is 13.5. The number of nitrogens with two attached hydrogens (primary N) is 1. The summed E-state index contributed by atoms with van der Waals surface area (Å²) in [7, 11) is -4.65. The third-order valence-electron chi connectivity index (χ3n) is 2.82. The fourth-order valence-electron chi connectivity index (χ4n) is 1.73. The average Bonchev–Trinajstić information content (AvgIpc) is 2.54. The lowest BCUT2D eigenvalue weighted by molar-refractivity contribution is -0.387. The monoisotopic (exact) mass is 384 g/mol. The van der Waals surface area contributed by atoms with Crippen LogP contribution in [0.15, 0.2) is 23.1 Å². The van der Waals surface area contributed by atoms with E-state index < -0.39 is 66.1 Å². The molecule has 0 radical (unpaired) electrons. The van der Waals surface area contributed by atoms with E-state index >= 15 is 0 Å². The molecule has 0 saturated carbocycles. The minimum atomic E-state index is -4.65. The van der Waals surface area contributed by atoms with Crippen LogP contribution in [0.5, 0.6) is 11.5 Å². The van der Waals surface area contributed by atoms with Gasteiger partial charge in [-0.1, -0.05) is 0 Å². The third kappa shape index (κ3) is 3.36. The molecular formula is C12H5F5N2O5S. The van der Waals surface area contributed by atoms with Crippen molar-refractivity contribution in [3.05, 3.63) is 57.4 Å². The maximum Gasteiger partial charge on any atom is 0.289 e. The molecule has 25 heavy (non-hydrogen) atoms. The fraction of sp³-hybridized carbons (Fsp3) is 0. The topological polar surface area (TPSA) is 113 Å². The van der Waals surface area contributed by atoms with Gasteiger partial charge < -0.3 is 4.74 Å². The van der Waals surface area contributed by atoms with Crippen molar-refractivity contribution in [1.82, 2.24) is 0 Å². The molecule has 7 nitrogen and oxygen atoms in total. The first-order chi connectivity index (χ1) is 11.4. The first kappa shape index (κ1) is 18.5. The van der Waals surface area contributed by atoms with Gasteiger partial charge in [-0.25, -0.2) is 26.7 Å². The van der Waals surface area contributed by atoms with Crippen molar-refractivity contribution in [2.45, 2.75) is 4.90 Å². The van der Waals surface area contributed by atoms with Crippen molar-refractivity contribution in [2.24, 2.45) is 5.14 Å². The van der Waals surface area contributed by atoms with Gasteiger partial charge in [0.25, 0.3) is 5.69 Å². The summed E-state index contributed by atoms with van der Waals surface area (Å²) in [4.78, 5) is 8.56. The van der Waals surface area contributed by atoms with Crippen LogP contribution in [-0.2, 0) is 10.0 Å². The molecule has 13 heteroatoms. The Hall–Kier alpha value is -2.80. The second-order valence-corrected chi connectivity index (χ2v) is 5.96. The number of halogens is 5. The van der Waals surface area contributed by atoms with Gasteiger partial charge in [-0.05, 0) is 6.07 Å². The molecule has 0 atom stereocenters. The number of nitro benzene ring substituents is 1. The lowest BCUT2D eigenvalue weighted by Crippen LogP contribution is -2.14. The Bertz CT molecular complexity index is 967. The van der Waals surface area contributed by atoms with Gasteiger partial charge in [-0.2, -0.15) is 8.78 Å². The Balaban J connectivity index is 2.62. The maximum absolute atomic E-state index is 13.5. The first-order valence-corrected chi connectivity index (χ1v) is 7.50. The van der Waals surface area contributed by atoms with E-state index in [0.29, 0.717) is 18.2 Å². The zero-order chi connectivity index (χ0) is 19.1. The highest BCUT2D eigenvalue weighted by Gasteiger charge is 2.29. The van der Waals surface area contributed by atoms with Crippen molar-refractivity contribution in [3.8, 4) is 11.5 Å². The van der Waals surface area contributed by atoms with Crippen molar-refractivity contribution < 1.29 is 40.0 Å². The molecule has 0 aromatic heterocycles. The van der Waals surface area contributed by atoms with Gasteiger partial charge in [0.2, 0.25) is 44.9 Å². The number of sulfonamides is 1. The minimum absolute atomic E-state index is 0.408. The average molecular weight is 384 g/mol. The van der Waals surface area contributed by atoms with E-state index in [0.717, 1.165) is 0 Å². The second-order valence-electron chi connectivity index (χ2n) is 4.43. The number of hydrogen-bond acceptors (Lipinski definition) is 5. The lowest BCUT2D eigenvalue weighted by Gasteiger charge is -2.10. The molecule has 134 valence electrons. The molecule has 0 aliphatic rings. The quantitative estimate of drug-likeness (QED) is 0.286. The van der Waals surface area contributed by atoms with E-state index in [1.807, 2.05) is 0 Å². The molecule has 0 aliphatic carbocycles. The minimum Gasteiger partial charge on any atom is -0.451 e. The SMILES string of the molecule is NS(=O)(=O)c1cc(Oc2c(F)c(F)c(F)c(F)c2F)ccc1[N+](=O)[O-]. The number of rotatable bonds is 4. The van der Waals surface area contributed by atoms with Crippen LogP contribution < -0.4 is 9.88 Å². The third-order valence-corrected chi connectivity index (χ3v) is 3.76. The molecule has 0 heterocycles. The Morgan fingerprint density at radius 2 is 1.44 bits per heavy atom. The standard InChI is InChI=1S/C12H5F5N2O5S/c13-7-8(14)10(16)12(11(17)9(7)15)24-4-1-2-5(19(20)21)6(3-4)25(18,22)23/h1-3H,(H2,18,22,23). The Morgan fingerprint density at radius 1 is 0.960 bits per heavy atom. The number of benzene rings is 2. The van der Waals surface area contributed by atoms with E-state index in [2.05, 4.69) is 4.74 Å². The van der Waals surface area contributed by atoms with Crippen molar-refractivity contribution >= 4 is 15.7 Å². The smallest absolute Gasteiger partial charge is 0.289 e. The van der Waals surface area contributed by atoms with Crippen molar-refractivity contribution in [2.75, 3.05) is 0 Å². The highest BCUT2D eigenvalue weighted by Crippen LogP contribution is 2.35. The van der Waals surface area contributed by atoms with Gasteiger partial charge in [-0.15, -0.1) is 0 Å². The summed E-state index contributed by atoms with van der Waals surface area (Å²) in [5.74, 6) is -14.1. The number of hydrogen-bond donors (Lipinski definition) is 1. The van der Waals surface area contributed by atoms with E-state index in [-0.39, 0.29) is 0 Å². The van der Waals surface area contributed by atoms with Gasteiger partial charge in [0.15, 0.2) is 4.90 Å². The number of nitrogens with zero attached hydrogens (tertiary/aromatic N) is 1. The highest BCUT2D eigenvalue weighted by atomic mass is 32.2. The normalized spacial score (nSPS) is 11.4. The van der Waals surface area contributed by atoms with Crippen LogP contribution in [0.3, 0.4) is 0 Å². The van der Waals surface area contributed by atoms with Crippen LogP contribution in [0.4, 0.5) is 27.6 Å². The van der Waals surface area contributed by atoms with E-state index in [9.17, 15) is 40.5 Å². The van der Waals surface area contributed by atoms with Crippen LogP contribution in [0.1, 0.15) is 0 Å². The van der Waals surface area contributed by atoms with Gasteiger partial charge in [0, 0.05) is 12.1 Å². The van der Waals surface area contributed by atoms with Crippen LogP contribution >= 0.6 is 0 Å². The molecule has 2 rings (SSSR count). The molecule has 2 N–H and O–H groups in total. The molecule has 0 amide bonds. The summed E-state index contributed by atoms with van der Waals surface area (Å²) in [6.07, 6.45) is 0. The zero-order valence-electron chi connectivity index (χ0n) is 11.6. The van der Waals surface area contributed by atoms with Gasteiger partial charge in [-0.3, -0.25) is 10.1 Å². The van der Waals surface area contributed by atoms with Crippen LogP contribution in [-0.4, -0.2) is 13.3 Å². The zero-order valence-corrected chi connectivity index (χ0v) is 12.4. The Morgan fingerprint density at radius 3 is 1.88 bits per heavy atom. The molecule has 2 aromatic rings. The highest BCUT2D eigenvalue weighted by molar-refractivity contribution is 7.89. The predicted octanol–water partition coefficient (Wildman–Crippen LogP) is 2.73. The molecule has 0 aliphatic heterocycles. The first-order valence-electron chi connectivity index (χ1n) is 5.95. The molecular weight excluding hydrogens is 379 g/mol. The largest absolute Gasteiger partial charge is 0.451 e. The fourth-order valence-corrected chi connectivity index (χ4v) is 2.44. The van der Waals surface area contributed by atoms with E-state index in [1.54, 1.807) is 0 Å². The number of primary sulfonamides is 1. The molecule has 0 spiro atoms. The second kappa shape index (κ2) is 6.25. The molecule has 0 bridgehead atoms. The summed E-state index contributed by atoms with van der Waals surface area (Å²) >= 11 is 0. The van der Waals surface area contributed by atoms with Crippen LogP contribution in [0, 0.1) is 39.2 Å². The summed E-state index contributed by atoms with van der Waals surface area (Å²) in [5, 5.41) is 15.5. The van der Waals surface area contributed by atoms with Gasteiger partial charge in [0.1, 0.15) is 5.75 Å². The Labute approximate surface area is 135 Å². The van der Waals surface area contributed by atoms with Crippen molar-refractivity contribution in [3.63, 3.8) is 0 Å². The summed E-state index contributed by atoms with van der Waals surface area (Å²) in [6, 6.07) is 1.66. The van der Waals surface area contributed by atoms with E-state index in [4.69, 9.17) is 5.14 Å². The summed E-state index contributed by atoms with van der Waals surface area (Å²) < 4.78 is 93.4. The molecule has 0 fully saturated rings. The van der Waals surface area contributed by atoms with Crippen LogP contribution in [0.25, 0.3) is 0 Å². The molecule has 0 unspecified atom stereocenters. The van der Waals surface area contributed by atoms with Crippen LogP contribution in [0.2, 0.25) is 0 Å².